The molecule has 1 aromatic rings. The van der Waals surface area contributed by atoms with E-state index in [2.05, 4.69) is 0 Å². The van der Waals surface area contributed by atoms with Gasteiger partial charge in [0.25, 0.3) is 0 Å². The molecular weight excluding hydrogens is 256 g/mol. The molecule has 0 aliphatic rings. The van der Waals surface area contributed by atoms with Crippen molar-refractivity contribution in [1.82, 2.24) is 0 Å². The number of aliphatic hydroxyl groups is 1. The van der Waals surface area contributed by atoms with E-state index in [0.29, 0.717) is 5.75 Å². The van der Waals surface area contributed by atoms with Crippen molar-refractivity contribution in [2.75, 3.05) is 0 Å². The summed E-state index contributed by atoms with van der Waals surface area (Å²) in [6.45, 7) is 8.07. The van der Waals surface area contributed by atoms with E-state index < -0.39 is 5.44 Å². The monoisotopic (exact) mass is 274 g/mol. The first-order valence-corrected chi connectivity index (χ1v) is 7.41. The molecule has 0 aliphatic heterocycles. The summed E-state index contributed by atoms with van der Waals surface area (Å²) in [6, 6.07) is 3.65. The normalized spacial score (nSPS) is 13.4. The van der Waals surface area contributed by atoms with E-state index in [-0.39, 0.29) is 11.8 Å². The smallest absolute Gasteiger partial charge is 0.139 e. The van der Waals surface area contributed by atoms with Gasteiger partial charge in [0, 0.05) is 0 Å². The predicted octanol–water partition coefficient (Wildman–Crippen LogP) is 4.52. The van der Waals surface area contributed by atoms with Gasteiger partial charge in [-0.1, -0.05) is 27.7 Å². The number of aromatic hydroxyl groups is 1. The van der Waals surface area contributed by atoms with Crippen LogP contribution in [0.25, 0.3) is 0 Å². The highest BCUT2D eigenvalue weighted by atomic mass is 35.7. The second-order valence-electron chi connectivity index (χ2n) is 4.80. The maximum atomic E-state index is 10.2. The third-order valence-electron chi connectivity index (χ3n) is 2.80. The molecule has 0 saturated carbocycles. The number of hydrogen-bond acceptors (Lipinski definition) is 3. The van der Waals surface area contributed by atoms with Gasteiger partial charge in [0.05, 0.1) is 0 Å². The molecule has 0 aromatic heterocycles. The van der Waals surface area contributed by atoms with Gasteiger partial charge in [-0.15, -0.1) is 0 Å². The molecular formula is C13H19ClO2S. The third-order valence-corrected chi connectivity index (χ3v) is 3.75. The maximum Gasteiger partial charge on any atom is 0.139 e. The van der Waals surface area contributed by atoms with Crippen LogP contribution >= 0.6 is 21.7 Å². The Morgan fingerprint density at radius 3 is 1.76 bits per heavy atom. The van der Waals surface area contributed by atoms with Gasteiger partial charge in [-0.05, 0) is 62.3 Å². The van der Waals surface area contributed by atoms with Crippen molar-refractivity contribution in [3.05, 3.63) is 28.8 Å². The highest BCUT2D eigenvalue weighted by Gasteiger charge is 2.18. The lowest BCUT2D eigenvalue weighted by Gasteiger charge is -2.18. The predicted molar refractivity (Wildman–Crippen MR) is 74.7 cm³/mol. The number of halogens is 1. The Bertz CT molecular complexity index is 362. The van der Waals surface area contributed by atoms with Crippen LogP contribution in [0.15, 0.2) is 12.1 Å². The molecule has 0 spiro atoms. The van der Waals surface area contributed by atoms with Crippen molar-refractivity contribution >= 4 is 21.7 Å². The molecule has 0 saturated heterocycles. The van der Waals surface area contributed by atoms with Crippen molar-refractivity contribution in [2.45, 2.75) is 45.0 Å². The molecule has 0 bridgehead atoms. The zero-order chi connectivity index (χ0) is 13.2. The van der Waals surface area contributed by atoms with E-state index in [9.17, 15) is 10.2 Å². The first kappa shape index (κ1) is 14.7. The van der Waals surface area contributed by atoms with Crippen LogP contribution in [0.4, 0.5) is 0 Å². The Kier molecular flexibility index (Phi) is 5.17. The molecule has 1 unspecified atom stereocenters. The third kappa shape index (κ3) is 3.30. The Morgan fingerprint density at radius 1 is 1.06 bits per heavy atom. The van der Waals surface area contributed by atoms with Crippen LogP contribution in [0.5, 0.6) is 5.75 Å². The molecule has 0 amide bonds. The molecule has 0 fully saturated rings. The van der Waals surface area contributed by atoms with E-state index in [1.54, 1.807) is 0 Å². The van der Waals surface area contributed by atoms with Gasteiger partial charge in [0.2, 0.25) is 0 Å². The van der Waals surface area contributed by atoms with Crippen LogP contribution in [0.1, 0.15) is 61.7 Å². The minimum atomic E-state index is -0.757. The van der Waals surface area contributed by atoms with Crippen LogP contribution in [0, 0.1) is 0 Å². The molecule has 2 N–H and O–H groups in total. The molecule has 1 rings (SSSR count). The molecule has 1 atom stereocenters. The summed E-state index contributed by atoms with van der Waals surface area (Å²) in [4.78, 5) is 0. The zero-order valence-corrected chi connectivity index (χ0v) is 12.1. The second kappa shape index (κ2) is 5.98. The number of phenols is 1. The summed E-state index contributed by atoms with van der Waals surface area (Å²) in [7, 11) is 6.47. The van der Waals surface area contributed by atoms with Crippen LogP contribution in [-0.2, 0) is 0 Å². The first-order valence-electron chi connectivity index (χ1n) is 5.70. The summed E-state index contributed by atoms with van der Waals surface area (Å²) >= 11 is 0. The molecule has 0 aliphatic carbocycles. The van der Waals surface area contributed by atoms with Gasteiger partial charge >= 0.3 is 0 Å². The second-order valence-corrected chi connectivity index (χ2v) is 5.96. The lowest BCUT2D eigenvalue weighted by molar-refractivity contribution is 0.271. The Labute approximate surface area is 112 Å². The Balaban J connectivity index is 3.36. The lowest BCUT2D eigenvalue weighted by atomic mass is 9.91. The highest BCUT2D eigenvalue weighted by molar-refractivity contribution is 8.21. The number of phenolic OH excluding ortho intramolecular Hbond substituents is 1. The van der Waals surface area contributed by atoms with E-state index in [4.69, 9.17) is 10.7 Å². The summed E-state index contributed by atoms with van der Waals surface area (Å²) in [6.07, 6.45) is 0. The highest BCUT2D eigenvalue weighted by Crippen LogP contribution is 2.39. The zero-order valence-electron chi connectivity index (χ0n) is 10.6. The van der Waals surface area contributed by atoms with Crippen LogP contribution < -0.4 is 0 Å². The molecule has 0 heterocycles. The van der Waals surface area contributed by atoms with Crippen molar-refractivity contribution in [3.8, 4) is 5.75 Å². The molecule has 96 valence electrons. The Hall–Kier alpha value is -0.380. The summed E-state index contributed by atoms with van der Waals surface area (Å²) < 4.78 is 0. The quantitative estimate of drug-likeness (QED) is 0.793. The van der Waals surface area contributed by atoms with Crippen molar-refractivity contribution < 1.29 is 10.2 Å². The summed E-state index contributed by atoms with van der Waals surface area (Å²) in [5.74, 6) is 0.755. The van der Waals surface area contributed by atoms with Gasteiger partial charge in [-0.3, -0.25) is 0 Å². The minimum Gasteiger partial charge on any atom is -0.507 e. The van der Waals surface area contributed by atoms with E-state index in [1.807, 2.05) is 39.8 Å². The van der Waals surface area contributed by atoms with Crippen molar-refractivity contribution in [3.63, 3.8) is 0 Å². The summed E-state index contributed by atoms with van der Waals surface area (Å²) in [5.41, 5.74) is 1.70. The minimum absolute atomic E-state index is 0.208. The number of benzene rings is 1. The molecule has 2 nitrogen and oxygen atoms in total. The lowest BCUT2D eigenvalue weighted by Crippen LogP contribution is -2.00. The van der Waals surface area contributed by atoms with Gasteiger partial charge < -0.3 is 10.2 Å². The standard InChI is InChI=1S/C13H19ClO2S/c1-7(2)10-5-9(13(16)17-14)6-11(8(3)4)12(10)15/h5-8,13,15-16H,1-4H3. The van der Waals surface area contributed by atoms with Gasteiger partial charge in [-0.2, -0.15) is 0 Å². The van der Waals surface area contributed by atoms with Crippen molar-refractivity contribution in [1.29, 1.82) is 0 Å². The largest absolute Gasteiger partial charge is 0.507 e. The average molecular weight is 275 g/mol. The fraction of sp³-hybridized carbons (Fsp3) is 0.538. The van der Waals surface area contributed by atoms with Gasteiger partial charge in [0.15, 0.2) is 0 Å². The summed E-state index contributed by atoms with van der Waals surface area (Å²) in [5, 5.41) is 20.0. The maximum absolute atomic E-state index is 10.2. The molecule has 17 heavy (non-hydrogen) atoms. The number of aliphatic hydroxyl groups excluding tert-OH is 1. The van der Waals surface area contributed by atoms with E-state index in [0.717, 1.165) is 27.7 Å². The van der Waals surface area contributed by atoms with Crippen molar-refractivity contribution in [2.24, 2.45) is 0 Å². The number of hydrogen-bond donors (Lipinski definition) is 2. The van der Waals surface area contributed by atoms with Crippen LogP contribution in [0.3, 0.4) is 0 Å². The topological polar surface area (TPSA) is 40.5 Å². The van der Waals surface area contributed by atoms with E-state index >= 15 is 0 Å². The fourth-order valence-electron chi connectivity index (χ4n) is 1.78. The Morgan fingerprint density at radius 2 is 1.47 bits per heavy atom. The van der Waals surface area contributed by atoms with Crippen LogP contribution in [0.2, 0.25) is 0 Å². The van der Waals surface area contributed by atoms with Gasteiger partial charge in [-0.25, -0.2) is 0 Å². The molecule has 4 heteroatoms. The fourth-order valence-corrected chi connectivity index (χ4v) is 2.33. The van der Waals surface area contributed by atoms with Gasteiger partial charge in [0.1, 0.15) is 11.2 Å². The number of rotatable bonds is 4. The van der Waals surface area contributed by atoms with Crippen LogP contribution in [-0.4, -0.2) is 10.2 Å². The SMILES string of the molecule is CC(C)c1cc(C(O)SCl)cc(C(C)C)c1O. The first-order chi connectivity index (χ1) is 7.88. The average Bonchev–Trinajstić information content (AvgIpc) is 2.27. The molecule has 0 radical (unpaired) electrons. The van der Waals surface area contributed by atoms with E-state index in [1.165, 1.54) is 0 Å². The molecule has 1 aromatic carbocycles.